The number of hydrogen-bond acceptors (Lipinski definition) is 1. The second-order valence-electron chi connectivity index (χ2n) is 1.98. The van der Waals surface area contributed by atoms with Crippen molar-refractivity contribution in [3.63, 3.8) is 0 Å². The lowest BCUT2D eigenvalue weighted by molar-refractivity contribution is -0.138. The van der Waals surface area contributed by atoms with Gasteiger partial charge < -0.3 is 0 Å². The van der Waals surface area contributed by atoms with E-state index >= 15 is 0 Å². The van der Waals surface area contributed by atoms with Crippen molar-refractivity contribution < 1.29 is 17.6 Å². The van der Waals surface area contributed by atoms with Gasteiger partial charge in [-0.25, -0.2) is 4.98 Å². The maximum absolute atomic E-state index is 12.2. The summed E-state index contributed by atoms with van der Waals surface area (Å²) in [4.78, 5) is 2.89. The largest absolute Gasteiger partial charge is 0.418 e. The van der Waals surface area contributed by atoms with E-state index in [9.17, 15) is 17.6 Å². The lowest BCUT2D eigenvalue weighted by Crippen LogP contribution is -2.07. The third kappa shape index (κ3) is 1.94. The maximum atomic E-state index is 12.2. The van der Waals surface area contributed by atoms with Crippen LogP contribution in [0.3, 0.4) is 0 Å². The van der Waals surface area contributed by atoms with Gasteiger partial charge in [0, 0.05) is 16.7 Å². The van der Waals surface area contributed by atoms with Gasteiger partial charge in [0.05, 0.1) is 5.56 Å². The number of nitrogens with zero attached hydrogens (tertiary/aromatic N) is 1. The monoisotopic (exact) mass is 243 g/mol. The molecule has 0 amide bonds. The summed E-state index contributed by atoms with van der Waals surface area (Å²) in [5.74, 6) is -0.949. The normalized spacial score (nSPS) is 11.8. The molecule has 0 aliphatic heterocycles. The highest BCUT2D eigenvalue weighted by Gasteiger charge is 2.33. The van der Waals surface area contributed by atoms with Crippen molar-refractivity contribution in [2.45, 2.75) is 6.18 Å². The fraction of sp³-hybridized carbons (Fsp3) is 0.167. The molecule has 0 aliphatic carbocycles. The zero-order valence-corrected chi connectivity index (χ0v) is 7.08. The average Bonchev–Trinajstić information content (AvgIpc) is 1.83. The molecule has 0 saturated carbocycles. The van der Waals surface area contributed by atoms with Gasteiger partial charge in [0.2, 0.25) is 5.95 Å². The Hall–Kier alpha value is -0.650. The quantitative estimate of drug-likeness (QED) is 0.505. The van der Waals surface area contributed by atoms with Crippen molar-refractivity contribution in [2.24, 2.45) is 0 Å². The van der Waals surface area contributed by atoms with E-state index in [2.05, 4.69) is 20.9 Å². The Bertz CT molecular complexity index is 296. The minimum absolute atomic E-state index is 0.345. The van der Waals surface area contributed by atoms with Crippen LogP contribution in [0.5, 0.6) is 0 Å². The first-order valence-corrected chi connectivity index (χ1v) is 3.59. The molecule has 0 saturated heterocycles. The Morgan fingerprint density at radius 1 is 1.33 bits per heavy atom. The number of halogens is 5. The zero-order chi connectivity index (χ0) is 9.35. The second-order valence-corrected chi connectivity index (χ2v) is 2.84. The minimum atomic E-state index is -4.50. The molecule has 1 heterocycles. The van der Waals surface area contributed by atoms with Crippen molar-refractivity contribution in [1.29, 1.82) is 0 Å². The molecule has 66 valence electrons. The second kappa shape index (κ2) is 3.01. The minimum Gasteiger partial charge on any atom is -0.228 e. The maximum Gasteiger partial charge on any atom is 0.418 e. The topological polar surface area (TPSA) is 12.9 Å². The molecular formula is C6H2BrF4N. The van der Waals surface area contributed by atoms with E-state index in [4.69, 9.17) is 0 Å². The number of alkyl halides is 3. The summed E-state index contributed by atoms with van der Waals surface area (Å²) in [7, 11) is 0. The molecule has 0 aliphatic rings. The Kier molecular flexibility index (Phi) is 2.36. The van der Waals surface area contributed by atoms with Crippen LogP contribution in [-0.4, -0.2) is 4.98 Å². The first-order chi connectivity index (χ1) is 5.41. The van der Waals surface area contributed by atoms with Crippen LogP contribution in [0, 0.1) is 5.95 Å². The van der Waals surface area contributed by atoms with Gasteiger partial charge in [-0.3, -0.25) is 0 Å². The van der Waals surface area contributed by atoms with E-state index in [1.54, 1.807) is 0 Å². The third-order valence-corrected chi connectivity index (χ3v) is 1.78. The van der Waals surface area contributed by atoms with E-state index in [1.165, 1.54) is 0 Å². The molecule has 1 aromatic rings. The van der Waals surface area contributed by atoms with Crippen molar-refractivity contribution in [3.05, 3.63) is 28.2 Å². The molecule has 0 fully saturated rings. The number of aromatic nitrogens is 1. The summed E-state index contributed by atoms with van der Waals surface area (Å²) >= 11 is 2.58. The SMILES string of the molecule is Fc1cc(Br)c(C(F)(F)F)cn1. The molecule has 0 spiro atoms. The first kappa shape index (κ1) is 9.44. The van der Waals surface area contributed by atoms with Gasteiger partial charge in [-0.05, 0) is 15.9 Å². The summed E-state index contributed by atoms with van der Waals surface area (Å²) in [6.07, 6.45) is -4.06. The Labute approximate surface area is 73.5 Å². The molecule has 6 heteroatoms. The van der Waals surface area contributed by atoms with Gasteiger partial charge in [0.1, 0.15) is 0 Å². The molecule has 1 rings (SSSR count). The van der Waals surface area contributed by atoms with Gasteiger partial charge >= 0.3 is 6.18 Å². The Morgan fingerprint density at radius 2 is 1.92 bits per heavy atom. The summed E-state index contributed by atoms with van der Waals surface area (Å²) in [6.45, 7) is 0. The highest BCUT2D eigenvalue weighted by Crippen LogP contribution is 2.33. The van der Waals surface area contributed by atoms with E-state index in [0.29, 0.717) is 12.3 Å². The number of hydrogen-bond donors (Lipinski definition) is 0. The van der Waals surface area contributed by atoms with Crippen LogP contribution in [0.15, 0.2) is 16.7 Å². The molecule has 0 unspecified atom stereocenters. The molecule has 0 aromatic carbocycles. The number of pyridine rings is 1. The van der Waals surface area contributed by atoms with Crippen LogP contribution in [0.25, 0.3) is 0 Å². The van der Waals surface area contributed by atoms with E-state index < -0.39 is 17.7 Å². The summed E-state index contributed by atoms with van der Waals surface area (Å²) in [5.41, 5.74) is -0.983. The van der Waals surface area contributed by atoms with Gasteiger partial charge in [0.15, 0.2) is 0 Å². The summed E-state index contributed by atoms with van der Waals surface area (Å²) in [5, 5.41) is 0. The Balaban J connectivity index is 3.19. The van der Waals surface area contributed by atoms with Crippen LogP contribution in [0.2, 0.25) is 0 Å². The van der Waals surface area contributed by atoms with Gasteiger partial charge in [-0.2, -0.15) is 17.6 Å². The van der Waals surface area contributed by atoms with Crippen LogP contribution in [0.4, 0.5) is 17.6 Å². The summed E-state index contributed by atoms with van der Waals surface area (Å²) in [6, 6.07) is 0.669. The number of rotatable bonds is 0. The average molecular weight is 244 g/mol. The molecule has 1 aromatic heterocycles. The van der Waals surface area contributed by atoms with Crippen molar-refractivity contribution >= 4 is 15.9 Å². The molecule has 1 nitrogen and oxygen atoms in total. The van der Waals surface area contributed by atoms with Crippen molar-refractivity contribution in [1.82, 2.24) is 4.98 Å². The molecule has 0 bridgehead atoms. The fourth-order valence-electron chi connectivity index (χ4n) is 0.616. The van der Waals surface area contributed by atoms with Gasteiger partial charge in [-0.1, -0.05) is 0 Å². The lowest BCUT2D eigenvalue weighted by Gasteiger charge is -2.07. The zero-order valence-electron chi connectivity index (χ0n) is 5.49. The lowest BCUT2D eigenvalue weighted by atomic mass is 10.3. The van der Waals surface area contributed by atoms with Crippen molar-refractivity contribution in [3.8, 4) is 0 Å². The molecular weight excluding hydrogens is 242 g/mol. The van der Waals surface area contributed by atoms with E-state index in [0.717, 1.165) is 0 Å². The van der Waals surface area contributed by atoms with Crippen LogP contribution < -0.4 is 0 Å². The molecule has 0 N–H and O–H groups in total. The molecule has 0 atom stereocenters. The summed E-state index contributed by atoms with van der Waals surface area (Å²) < 4.78 is 47.8. The van der Waals surface area contributed by atoms with E-state index in [1.807, 2.05) is 0 Å². The highest BCUT2D eigenvalue weighted by atomic mass is 79.9. The highest BCUT2D eigenvalue weighted by molar-refractivity contribution is 9.10. The van der Waals surface area contributed by atoms with Crippen LogP contribution in [0.1, 0.15) is 5.56 Å². The Morgan fingerprint density at radius 3 is 2.33 bits per heavy atom. The van der Waals surface area contributed by atoms with Crippen LogP contribution >= 0.6 is 15.9 Å². The van der Waals surface area contributed by atoms with Gasteiger partial charge in [-0.15, -0.1) is 0 Å². The smallest absolute Gasteiger partial charge is 0.228 e. The fourth-order valence-corrected chi connectivity index (χ4v) is 1.13. The molecule has 12 heavy (non-hydrogen) atoms. The predicted octanol–water partition coefficient (Wildman–Crippen LogP) is 3.00. The van der Waals surface area contributed by atoms with E-state index in [-0.39, 0.29) is 4.47 Å². The standard InChI is InChI=1S/C6H2BrF4N/c7-4-1-5(8)12-2-3(4)6(9,10)11/h1-2H. The van der Waals surface area contributed by atoms with Crippen LogP contribution in [-0.2, 0) is 6.18 Å². The predicted molar refractivity (Wildman–Crippen MR) is 36.9 cm³/mol. The molecule has 0 radical (unpaired) electrons. The van der Waals surface area contributed by atoms with Gasteiger partial charge in [0.25, 0.3) is 0 Å². The first-order valence-electron chi connectivity index (χ1n) is 2.79. The van der Waals surface area contributed by atoms with Crippen molar-refractivity contribution in [2.75, 3.05) is 0 Å². The third-order valence-electron chi connectivity index (χ3n) is 1.13.